The molecule has 0 bridgehead atoms. The highest BCUT2D eigenvalue weighted by molar-refractivity contribution is 5.74. The molecule has 0 atom stereocenters. The fourth-order valence-electron chi connectivity index (χ4n) is 3.40. The van der Waals surface area contributed by atoms with Crippen LogP contribution in [-0.2, 0) is 4.79 Å². The van der Waals surface area contributed by atoms with Crippen LogP contribution in [0.4, 0.5) is 5.95 Å². The Hall–Kier alpha value is -3.03. The smallest absolute Gasteiger partial charge is 0.306 e. The van der Waals surface area contributed by atoms with E-state index in [0.29, 0.717) is 18.8 Å². The van der Waals surface area contributed by atoms with Gasteiger partial charge in [-0.2, -0.15) is 0 Å². The van der Waals surface area contributed by atoms with E-state index in [0.717, 1.165) is 23.9 Å². The van der Waals surface area contributed by atoms with Gasteiger partial charge in [-0.15, -0.1) is 9.89 Å². The van der Waals surface area contributed by atoms with Gasteiger partial charge in [0.15, 0.2) is 0 Å². The number of anilines is 1. The van der Waals surface area contributed by atoms with Crippen LogP contribution >= 0.6 is 0 Å². The van der Waals surface area contributed by atoms with E-state index in [2.05, 4.69) is 20.3 Å². The Labute approximate surface area is 144 Å². The summed E-state index contributed by atoms with van der Waals surface area (Å²) >= 11 is 0. The number of para-hydroxylation sites is 1. The third kappa shape index (κ3) is 2.90. The van der Waals surface area contributed by atoms with Crippen LogP contribution in [0.1, 0.15) is 25.7 Å². The van der Waals surface area contributed by atoms with Crippen LogP contribution in [0, 0.1) is 5.92 Å². The summed E-state index contributed by atoms with van der Waals surface area (Å²) in [5.41, 5.74) is 1.66. The Morgan fingerprint density at radius 2 is 1.80 bits per heavy atom. The van der Waals surface area contributed by atoms with Gasteiger partial charge in [0.05, 0.1) is 12.0 Å². The first-order chi connectivity index (χ1) is 12.2. The summed E-state index contributed by atoms with van der Waals surface area (Å²) < 4.78 is 0. The maximum atomic E-state index is 11.2. The Morgan fingerprint density at radius 3 is 2.52 bits per heavy atom. The first-order valence-electron chi connectivity index (χ1n) is 8.34. The number of hydrogen-bond acceptors (Lipinski definition) is 6. The summed E-state index contributed by atoms with van der Waals surface area (Å²) in [7, 11) is 0. The third-order valence-electron chi connectivity index (χ3n) is 4.69. The van der Waals surface area contributed by atoms with Crippen molar-refractivity contribution < 1.29 is 9.90 Å². The molecule has 25 heavy (non-hydrogen) atoms. The summed E-state index contributed by atoms with van der Waals surface area (Å²) in [4.78, 5) is 21.7. The standard InChI is InChI=1S/C17H18N6O2/c24-16(25)12-6-8-13(9-7-12)22(17-18-10-3-11-19-17)23-15-5-2-1-4-14(15)20-21-23/h1-5,10-13H,6-9H2,(H,24,25). The lowest BCUT2D eigenvalue weighted by Gasteiger charge is -2.35. The molecule has 4 rings (SSSR count). The van der Waals surface area contributed by atoms with Crippen molar-refractivity contribution in [3.05, 3.63) is 42.7 Å². The molecular weight excluding hydrogens is 320 g/mol. The molecule has 0 amide bonds. The van der Waals surface area contributed by atoms with Crippen molar-refractivity contribution in [1.82, 2.24) is 25.1 Å². The highest BCUT2D eigenvalue weighted by atomic mass is 16.4. The van der Waals surface area contributed by atoms with Crippen molar-refractivity contribution >= 4 is 23.0 Å². The molecule has 1 N–H and O–H groups in total. The first-order valence-corrected chi connectivity index (χ1v) is 8.34. The quantitative estimate of drug-likeness (QED) is 0.778. The van der Waals surface area contributed by atoms with Crippen LogP contribution in [0.5, 0.6) is 0 Å². The molecule has 1 aromatic carbocycles. The zero-order valence-corrected chi connectivity index (χ0v) is 13.6. The molecule has 1 fully saturated rings. The molecule has 0 unspecified atom stereocenters. The van der Waals surface area contributed by atoms with Crippen molar-refractivity contribution in [3.8, 4) is 0 Å². The fraction of sp³-hybridized carbons (Fsp3) is 0.353. The minimum absolute atomic E-state index is 0.0723. The Morgan fingerprint density at radius 1 is 1.08 bits per heavy atom. The second-order valence-electron chi connectivity index (χ2n) is 6.20. The number of carbonyl (C=O) groups is 1. The molecule has 1 saturated carbocycles. The lowest BCUT2D eigenvalue weighted by atomic mass is 9.86. The largest absolute Gasteiger partial charge is 0.481 e. The number of aliphatic carboxylic acids is 1. The Bertz CT molecular complexity index is 873. The topological polar surface area (TPSA) is 97.0 Å². The predicted octanol–water partition coefficient (Wildman–Crippen LogP) is 2.13. The van der Waals surface area contributed by atoms with Gasteiger partial charge in [0.1, 0.15) is 11.0 Å². The molecule has 0 aliphatic heterocycles. The maximum Gasteiger partial charge on any atom is 0.306 e. The van der Waals surface area contributed by atoms with Crippen LogP contribution in [-0.4, -0.2) is 42.2 Å². The molecule has 3 aromatic rings. The molecule has 8 nitrogen and oxygen atoms in total. The number of rotatable bonds is 4. The number of aromatic nitrogens is 5. The highest BCUT2D eigenvalue weighted by Crippen LogP contribution is 2.30. The first kappa shape index (κ1) is 15.5. The van der Waals surface area contributed by atoms with Crippen LogP contribution in [0.2, 0.25) is 0 Å². The molecule has 128 valence electrons. The molecule has 2 heterocycles. The summed E-state index contributed by atoms with van der Waals surface area (Å²) in [6, 6.07) is 9.56. The normalized spacial score (nSPS) is 20.5. The summed E-state index contributed by atoms with van der Waals surface area (Å²) in [6.45, 7) is 0. The second-order valence-corrected chi connectivity index (χ2v) is 6.20. The molecule has 0 spiro atoms. The lowest BCUT2D eigenvalue weighted by Crippen LogP contribution is -2.44. The molecule has 2 aromatic heterocycles. The maximum absolute atomic E-state index is 11.2. The van der Waals surface area contributed by atoms with Gasteiger partial charge in [0.25, 0.3) is 0 Å². The molecule has 1 aliphatic carbocycles. The van der Waals surface area contributed by atoms with E-state index in [1.165, 1.54) is 0 Å². The van der Waals surface area contributed by atoms with Crippen molar-refractivity contribution in [2.75, 3.05) is 5.01 Å². The number of fused-ring (bicyclic) bond motifs is 1. The van der Waals surface area contributed by atoms with E-state index in [9.17, 15) is 9.90 Å². The minimum Gasteiger partial charge on any atom is -0.481 e. The molecule has 1 aliphatic rings. The van der Waals surface area contributed by atoms with E-state index >= 15 is 0 Å². The van der Waals surface area contributed by atoms with E-state index in [-0.39, 0.29) is 12.0 Å². The van der Waals surface area contributed by atoms with Crippen molar-refractivity contribution in [2.45, 2.75) is 31.7 Å². The predicted molar refractivity (Wildman–Crippen MR) is 90.8 cm³/mol. The molecular formula is C17H18N6O2. The highest BCUT2D eigenvalue weighted by Gasteiger charge is 2.32. The fourth-order valence-corrected chi connectivity index (χ4v) is 3.40. The average Bonchev–Trinajstić information content (AvgIpc) is 3.07. The number of carboxylic acid groups (broad SMARTS) is 1. The van der Waals surface area contributed by atoms with Gasteiger partial charge < -0.3 is 5.11 Å². The number of benzene rings is 1. The summed E-state index contributed by atoms with van der Waals surface area (Å²) in [5, 5.41) is 19.7. The van der Waals surface area contributed by atoms with Gasteiger partial charge in [-0.1, -0.05) is 12.1 Å². The van der Waals surface area contributed by atoms with E-state index in [4.69, 9.17) is 0 Å². The zero-order chi connectivity index (χ0) is 17.2. The van der Waals surface area contributed by atoms with Gasteiger partial charge in [0, 0.05) is 12.4 Å². The molecule has 0 radical (unpaired) electrons. The van der Waals surface area contributed by atoms with Crippen molar-refractivity contribution in [3.63, 3.8) is 0 Å². The van der Waals surface area contributed by atoms with Crippen molar-refractivity contribution in [1.29, 1.82) is 0 Å². The number of carboxylic acids is 1. The summed E-state index contributed by atoms with van der Waals surface area (Å²) in [6.07, 6.45) is 6.13. The zero-order valence-electron chi connectivity index (χ0n) is 13.6. The van der Waals surface area contributed by atoms with Crippen LogP contribution in [0.15, 0.2) is 42.7 Å². The van der Waals surface area contributed by atoms with Crippen LogP contribution in [0.3, 0.4) is 0 Å². The second kappa shape index (κ2) is 6.46. The van der Waals surface area contributed by atoms with Crippen LogP contribution < -0.4 is 5.01 Å². The average molecular weight is 338 g/mol. The molecule has 8 heteroatoms. The molecule has 0 saturated heterocycles. The van der Waals surface area contributed by atoms with E-state index in [1.54, 1.807) is 23.3 Å². The minimum atomic E-state index is -0.716. The van der Waals surface area contributed by atoms with Crippen molar-refractivity contribution in [2.24, 2.45) is 5.92 Å². The van der Waals surface area contributed by atoms with E-state index < -0.39 is 5.97 Å². The third-order valence-corrected chi connectivity index (χ3v) is 4.69. The van der Waals surface area contributed by atoms with Gasteiger partial charge in [0.2, 0.25) is 5.95 Å². The monoisotopic (exact) mass is 338 g/mol. The Kier molecular flexibility index (Phi) is 4.01. The lowest BCUT2D eigenvalue weighted by molar-refractivity contribution is -0.142. The van der Waals surface area contributed by atoms with Gasteiger partial charge in [-0.05, 0) is 49.1 Å². The van der Waals surface area contributed by atoms with Gasteiger partial charge in [-0.25, -0.2) is 15.0 Å². The summed E-state index contributed by atoms with van der Waals surface area (Å²) in [5.74, 6) is -0.452. The SMILES string of the molecule is O=C(O)C1CCC(N(c2ncccn2)n2nnc3ccccc32)CC1. The Balaban J connectivity index is 1.72. The number of nitrogens with zero attached hydrogens (tertiary/aromatic N) is 6. The van der Waals surface area contributed by atoms with Crippen LogP contribution in [0.25, 0.3) is 11.0 Å². The number of hydrogen-bond donors (Lipinski definition) is 1. The van der Waals surface area contributed by atoms with Gasteiger partial charge in [-0.3, -0.25) is 4.79 Å². The van der Waals surface area contributed by atoms with E-state index in [1.807, 2.05) is 29.3 Å². The van der Waals surface area contributed by atoms with Gasteiger partial charge >= 0.3 is 5.97 Å².